The van der Waals surface area contributed by atoms with Gasteiger partial charge in [0.05, 0.1) is 0 Å². The van der Waals surface area contributed by atoms with Gasteiger partial charge in [0.25, 0.3) is 0 Å². The van der Waals surface area contributed by atoms with E-state index in [4.69, 9.17) is 0 Å². The summed E-state index contributed by atoms with van der Waals surface area (Å²) in [7, 11) is 0. The van der Waals surface area contributed by atoms with Crippen molar-refractivity contribution >= 4 is 24.2 Å². The minimum absolute atomic E-state index is 0. The Bertz CT molecular complexity index is 451. The summed E-state index contributed by atoms with van der Waals surface area (Å²) in [5, 5.41) is 0. The lowest BCUT2D eigenvalue weighted by Crippen LogP contribution is -1.82. The van der Waals surface area contributed by atoms with Crippen LogP contribution in [0.5, 0.6) is 0 Å². The second-order valence-corrected chi connectivity index (χ2v) is 4.50. The van der Waals surface area contributed by atoms with Crippen LogP contribution in [0.1, 0.15) is 5.56 Å². The molecule has 0 aromatic heterocycles. The third-order valence-electron chi connectivity index (χ3n) is 2.44. The van der Waals surface area contributed by atoms with Crippen LogP contribution in [0.3, 0.4) is 0 Å². The third kappa shape index (κ3) is 3.76. The average Bonchev–Trinajstić information content (AvgIpc) is 2.32. The zero-order chi connectivity index (χ0) is 11.4. The summed E-state index contributed by atoms with van der Waals surface area (Å²) in [6.45, 7) is 0. The average molecular weight is 269 g/mol. The normalized spacial score (nSPS) is 9.76. The minimum Gasteiger partial charge on any atom is -0.207 e. The highest BCUT2D eigenvalue weighted by atomic mass is 35.5. The van der Waals surface area contributed by atoms with Crippen LogP contribution in [-0.2, 0) is 5.75 Å². The van der Waals surface area contributed by atoms with E-state index >= 15 is 0 Å². The predicted octanol–water partition coefficient (Wildman–Crippen LogP) is 4.78. The number of benzene rings is 2. The molecule has 2 rings (SSSR count). The molecule has 0 heterocycles. The van der Waals surface area contributed by atoms with Gasteiger partial charge in [-0.15, -0.1) is 12.4 Å². The molecule has 0 unspecified atom stereocenters. The minimum atomic E-state index is -0.192. The molecule has 2 aromatic carbocycles. The molecule has 17 heavy (non-hydrogen) atoms. The van der Waals surface area contributed by atoms with Crippen molar-refractivity contribution in [2.24, 2.45) is 0 Å². The van der Waals surface area contributed by atoms with Crippen LogP contribution in [0.25, 0.3) is 11.1 Å². The molecule has 0 saturated heterocycles. The number of hydrogen-bond acceptors (Lipinski definition) is 1. The summed E-state index contributed by atoms with van der Waals surface area (Å²) >= 11 is 1.81. The number of hydrogen-bond donors (Lipinski definition) is 0. The largest absolute Gasteiger partial charge is 0.207 e. The SMILES string of the molecule is CSCc1ccc(-c2ccc(F)cc2)cc1.Cl. The zero-order valence-electron chi connectivity index (χ0n) is 9.52. The van der Waals surface area contributed by atoms with Gasteiger partial charge in [0.2, 0.25) is 0 Å². The van der Waals surface area contributed by atoms with Crippen molar-refractivity contribution in [2.75, 3.05) is 6.26 Å². The van der Waals surface area contributed by atoms with E-state index in [-0.39, 0.29) is 18.2 Å². The summed E-state index contributed by atoms with van der Waals surface area (Å²) in [6, 6.07) is 15.0. The van der Waals surface area contributed by atoms with Gasteiger partial charge in [0, 0.05) is 5.75 Å². The van der Waals surface area contributed by atoms with Gasteiger partial charge in [-0.05, 0) is 35.1 Å². The van der Waals surface area contributed by atoms with Gasteiger partial charge in [-0.3, -0.25) is 0 Å². The Morgan fingerprint density at radius 3 is 1.82 bits per heavy atom. The lowest BCUT2D eigenvalue weighted by Gasteiger charge is -2.03. The molecule has 0 atom stereocenters. The fraction of sp³-hybridized carbons (Fsp3) is 0.143. The van der Waals surface area contributed by atoms with Crippen molar-refractivity contribution in [2.45, 2.75) is 5.75 Å². The molecule has 90 valence electrons. The van der Waals surface area contributed by atoms with E-state index in [1.807, 2.05) is 11.8 Å². The monoisotopic (exact) mass is 268 g/mol. The van der Waals surface area contributed by atoms with Crippen LogP contribution in [-0.4, -0.2) is 6.26 Å². The number of halogens is 2. The first-order chi connectivity index (χ1) is 7.79. The lowest BCUT2D eigenvalue weighted by atomic mass is 10.0. The van der Waals surface area contributed by atoms with E-state index < -0.39 is 0 Å². The number of rotatable bonds is 3. The van der Waals surface area contributed by atoms with Gasteiger partial charge in [-0.25, -0.2) is 4.39 Å². The van der Waals surface area contributed by atoms with Crippen molar-refractivity contribution < 1.29 is 4.39 Å². The van der Waals surface area contributed by atoms with Crippen molar-refractivity contribution in [3.05, 3.63) is 59.9 Å². The van der Waals surface area contributed by atoms with Crippen molar-refractivity contribution in [1.82, 2.24) is 0 Å². The van der Waals surface area contributed by atoms with Crippen molar-refractivity contribution in [3.63, 3.8) is 0 Å². The molecule has 0 radical (unpaired) electrons. The molecular weight excluding hydrogens is 255 g/mol. The van der Waals surface area contributed by atoms with E-state index in [0.29, 0.717) is 0 Å². The third-order valence-corrected chi connectivity index (χ3v) is 3.06. The molecule has 3 heteroatoms. The van der Waals surface area contributed by atoms with Crippen molar-refractivity contribution in [3.8, 4) is 11.1 Å². The van der Waals surface area contributed by atoms with Crippen LogP contribution < -0.4 is 0 Å². The second-order valence-electron chi connectivity index (χ2n) is 3.64. The first-order valence-electron chi connectivity index (χ1n) is 5.13. The summed E-state index contributed by atoms with van der Waals surface area (Å²) in [6.07, 6.45) is 2.09. The summed E-state index contributed by atoms with van der Waals surface area (Å²) in [5.41, 5.74) is 3.50. The van der Waals surface area contributed by atoms with E-state index in [1.54, 1.807) is 12.1 Å². The Morgan fingerprint density at radius 1 is 0.882 bits per heavy atom. The zero-order valence-corrected chi connectivity index (χ0v) is 11.2. The molecule has 0 nitrogen and oxygen atoms in total. The Labute approximate surface area is 112 Å². The van der Waals surface area contributed by atoms with Crippen LogP contribution in [0, 0.1) is 5.82 Å². The molecule has 0 aliphatic carbocycles. The predicted molar refractivity (Wildman–Crippen MR) is 76.3 cm³/mol. The smallest absolute Gasteiger partial charge is 0.123 e. The second kappa shape index (κ2) is 6.67. The molecule has 0 amide bonds. The van der Waals surface area contributed by atoms with Gasteiger partial charge in [-0.2, -0.15) is 11.8 Å². The summed E-state index contributed by atoms with van der Waals surface area (Å²) in [5.74, 6) is 0.840. The van der Waals surface area contributed by atoms with Gasteiger partial charge in [-0.1, -0.05) is 36.4 Å². The van der Waals surface area contributed by atoms with E-state index in [0.717, 1.165) is 16.9 Å². The molecule has 0 aliphatic rings. The fourth-order valence-electron chi connectivity index (χ4n) is 1.60. The highest BCUT2D eigenvalue weighted by molar-refractivity contribution is 7.97. The Morgan fingerprint density at radius 2 is 1.35 bits per heavy atom. The first kappa shape index (κ1) is 14.1. The Hall–Kier alpha value is -0.990. The van der Waals surface area contributed by atoms with Crippen LogP contribution in [0.2, 0.25) is 0 Å². The quantitative estimate of drug-likeness (QED) is 0.772. The van der Waals surface area contributed by atoms with Crippen LogP contribution >= 0.6 is 24.2 Å². The van der Waals surface area contributed by atoms with Crippen LogP contribution in [0.4, 0.5) is 4.39 Å². The van der Waals surface area contributed by atoms with E-state index in [1.165, 1.54) is 17.7 Å². The molecule has 0 fully saturated rings. The van der Waals surface area contributed by atoms with Gasteiger partial charge in [0.1, 0.15) is 5.82 Å². The molecule has 0 saturated carbocycles. The molecule has 0 bridgehead atoms. The van der Waals surface area contributed by atoms with Gasteiger partial charge < -0.3 is 0 Å². The lowest BCUT2D eigenvalue weighted by molar-refractivity contribution is 0.628. The van der Waals surface area contributed by atoms with E-state index in [2.05, 4.69) is 30.5 Å². The fourth-order valence-corrected chi connectivity index (χ4v) is 2.13. The molecule has 0 N–H and O–H groups in total. The molecular formula is C14H14ClFS. The number of thioether (sulfide) groups is 1. The molecule has 0 aliphatic heterocycles. The maximum Gasteiger partial charge on any atom is 0.123 e. The van der Waals surface area contributed by atoms with Crippen molar-refractivity contribution in [1.29, 1.82) is 0 Å². The standard InChI is InChI=1S/C14H13FS.ClH/c1-16-10-11-2-4-12(5-3-11)13-6-8-14(15)9-7-13;/h2-9H,10H2,1H3;1H. The van der Waals surface area contributed by atoms with E-state index in [9.17, 15) is 4.39 Å². The van der Waals surface area contributed by atoms with Gasteiger partial charge in [0.15, 0.2) is 0 Å². The Kier molecular flexibility index (Phi) is 5.52. The highest BCUT2D eigenvalue weighted by Gasteiger charge is 1.98. The van der Waals surface area contributed by atoms with Gasteiger partial charge >= 0.3 is 0 Å². The Balaban J connectivity index is 0.00000144. The van der Waals surface area contributed by atoms with Crippen LogP contribution in [0.15, 0.2) is 48.5 Å². The topological polar surface area (TPSA) is 0 Å². The molecule has 0 spiro atoms. The maximum atomic E-state index is 12.8. The molecule has 2 aromatic rings. The highest BCUT2D eigenvalue weighted by Crippen LogP contribution is 2.21. The maximum absolute atomic E-state index is 12.8. The summed E-state index contributed by atoms with van der Waals surface area (Å²) < 4.78 is 12.8. The first-order valence-corrected chi connectivity index (χ1v) is 6.53. The summed E-state index contributed by atoms with van der Waals surface area (Å²) in [4.78, 5) is 0.